The van der Waals surface area contributed by atoms with E-state index in [-0.39, 0.29) is 5.91 Å². The second-order valence-corrected chi connectivity index (χ2v) is 6.25. The molecule has 1 fully saturated rings. The zero-order chi connectivity index (χ0) is 15.9. The average molecular weight is 304 g/mol. The molecule has 1 amide bonds. The van der Waals surface area contributed by atoms with Crippen molar-refractivity contribution in [3.63, 3.8) is 0 Å². The van der Waals surface area contributed by atoms with E-state index in [2.05, 4.69) is 17.6 Å². The molecule has 0 bridgehead atoms. The van der Waals surface area contributed by atoms with Crippen LogP contribution in [0.15, 0.2) is 18.2 Å². The topological polar surface area (TPSA) is 50.4 Å². The van der Waals surface area contributed by atoms with Crippen LogP contribution >= 0.6 is 0 Å². The lowest BCUT2D eigenvalue weighted by atomic mass is 9.84. The average Bonchev–Trinajstić information content (AvgIpc) is 2.51. The Balaban J connectivity index is 1.93. The molecule has 0 radical (unpaired) electrons. The summed E-state index contributed by atoms with van der Waals surface area (Å²) in [5.41, 5.74) is 1.90. The van der Waals surface area contributed by atoms with Crippen molar-refractivity contribution in [1.82, 2.24) is 5.32 Å². The van der Waals surface area contributed by atoms with E-state index >= 15 is 0 Å². The van der Waals surface area contributed by atoms with Crippen molar-refractivity contribution in [3.8, 4) is 5.75 Å². The van der Waals surface area contributed by atoms with Gasteiger partial charge in [0, 0.05) is 6.42 Å². The molecule has 2 rings (SSSR count). The van der Waals surface area contributed by atoms with E-state index in [1.165, 1.54) is 12.8 Å². The van der Waals surface area contributed by atoms with Crippen LogP contribution in [0, 0.1) is 18.8 Å². The Labute approximate surface area is 133 Å². The minimum absolute atomic E-state index is 0.0795. The lowest BCUT2D eigenvalue weighted by Crippen LogP contribution is -2.32. The van der Waals surface area contributed by atoms with Gasteiger partial charge in [0.05, 0.1) is 12.3 Å². The minimum atomic E-state index is 0.0795. The number of anilines is 1. The molecule has 1 unspecified atom stereocenters. The SMILES string of the molecule is CCOc1cc(C)ccc1NC(=O)CC(C)C1CCNCC1. The first-order valence-corrected chi connectivity index (χ1v) is 8.34. The van der Waals surface area contributed by atoms with Crippen LogP contribution in [0.1, 0.15) is 38.7 Å². The summed E-state index contributed by atoms with van der Waals surface area (Å²) in [7, 11) is 0. The van der Waals surface area contributed by atoms with Gasteiger partial charge in [-0.1, -0.05) is 13.0 Å². The summed E-state index contributed by atoms with van der Waals surface area (Å²) in [6, 6.07) is 5.89. The molecule has 4 nitrogen and oxygen atoms in total. The predicted molar refractivity (Wildman–Crippen MR) is 90.4 cm³/mol. The smallest absolute Gasteiger partial charge is 0.224 e. The van der Waals surface area contributed by atoms with Crippen LogP contribution in [0.4, 0.5) is 5.69 Å². The number of aryl methyl sites for hydroxylation is 1. The van der Waals surface area contributed by atoms with Crippen LogP contribution in [-0.2, 0) is 4.79 Å². The highest BCUT2D eigenvalue weighted by molar-refractivity contribution is 5.92. The molecule has 0 aromatic heterocycles. The molecule has 1 aromatic rings. The molecule has 22 heavy (non-hydrogen) atoms. The van der Waals surface area contributed by atoms with E-state index in [1.807, 2.05) is 32.0 Å². The number of rotatable bonds is 6. The fourth-order valence-corrected chi connectivity index (χ4v) is 3.08. The van der Waals surface area contributed by atoms with E-state index in [0.717, 1.165) is 30.1 Å². The lowest BCUT2D eigenvalue weighted by Gasteiger charge is -2.28. The van der Waals surface area contributed by atoms with Crippen LogP contribution in [0.25, 0.3) is 0 Å². The van der Waals surface area contributed by atoms with Gasteiger partial charge in [0.25, 0.3) is 0 Å². The van der Waals surface area contributed by atoms with Crippen LogP contribution in [0.3, 0.4) is 0 Å². The first kappa shape index (κ1) is 16.8. The Kier molecular flexibility index (Phi) is 6.25. The van der Waals surface area contributed by atoms with E-state index in [4.69, 9.17) is 4.74 Å². The highest BCUT2D eigenvalue weighted by atomic mass is 16.5. The van der Waals surface area contributed by atoms with Gasteiger partial charge in [-0.3, -0.25) is 4.79 Å². The van der Waals surface area contributed by atoms with Crippen molar-refractivity contribution >= 4 is 11.6 Å². The molecule has 1 aliphatic heterocycles. The zero-order valence-corrected chi connectivity index (χ0v) is 13.9. The van der Waals surface area contributed by atoms with Gasteiger partial charge in [0.1, 0.15) is 5.75 Å². The Morgan fingerprint density at radius 2 is 2.14 bits per heavy atom. The van der Waals surface area contributed by atoms with Crippen LogP contribution in [0.5, 0.6) is 5.75 Å². The summed E-state index contributed by atoms with van der Waals surface area (Å²) >= 11 is 0. The molecule has 1 aliphatic rings. The maximum absolute atomic E-state index is 12.3. The summed E-state index contributed by atoms with van der Waals surface area (Å²) in [5.74, 6) is 1.90. The number of benzene rings is 1. The van der Waals surface area contributed by atoms with Crippen LogP contribution in [0.2, 0.25) is 0 Å². The Bertz CT molecular complexity index is 496. The number of carbonyl (C=O) groups is 1. The van der Waals surface area contributed by atoms with Crippen molar-refractivity contribution in [2.24, 2.45) is 11.8 Å². The number of piperidine rings is 1. The summed E-state index contributed by atoms with van der Waals surface area (Å²) in [6.07, 6.45) is 2.91. The van der Waals surface area contributed by atoms with Gasteiger partial charge in [-0.25, -0.2) is 0 Å². The third kappa shape index (κ3) is 4.73. The quantitative estimate of drug-likeness (QED) is 0.847. The molecule has 4 heteroatoms. The van der Waals surface area contributed by atoms with Gasteiger partial charge in [0.15, 0.2) is 0 Å². The minimum Gasteiger partial charge on any atom is -0.492 e. The van der Waals surface area contributed by atoms with Gasteiger partial charge in [-0.15, -0.1) is 0 Å². The molecular formula is C18H28N2O2. The molecule has 0 saturated carbocycles. The largest absolute Gasteiger partial charge is 0.492 e. The molecule has 122 valence electrons. The third-order valence-electron chi connectivity index (χ3n) is 4.41. The first-order chi connectivity index (χ1) is 10.6. The maximum atomic E-state index is 12.3. The predicted octanol–water partition coefficient (Wildman–Crippen LogP) is 3.36. The van der Waals surface area contributed by atoms with E-state index in [0.29, 0.717) is 24.9 Å². The number of hydrogen-bond acceptors (Lipinski definition) is 3. The molecule has 1 heterocycles. The van der Waals surface area contributed by atoms with E-state index in [9.17, 15) is 4.79 Å². The normalized spacial score (nSPS) is 17.0. The molecule has 0 spiro atoms. The summed E-state index contributed by atoms with van der Waals surface area (Å²) in [5, 5.41) is 6.39. The fraction of sp³-hybridized carbons (Fsp3) is 0.611. The first-order valence-electron chi connectivity index (χ1n) is 8.34. The van der Waals surface area contributed by atoms with Gasteiger partial charge >= 0.3 is 0 Å². The van der Waals surface area contributed by atoms with Gasteiger partial charge < -0.3 is 15.4 Å². The number of nitrogens with one attached hydrogen (secondary N) is 2. The van der Waals surface area contributed by atoms with E-state index < -0.39 is 0 Å². The molecular weight excluding hydrogens is 276 g/mol. The maximum Gasteiger partial charge on any atom is 0.224 e. The summed E-state index contributed by atoms with van der Waals surface area (Å²) in [6.45, 7) is 8.90. The molecule has 1 atom stereocenters. The van der Waals surface area contributed by atoms with Crippen LogP contribution < -0.4 is 15.4 Å². The van der Waals surface area contributed by atoms with Gasteiger partial charge in [-0.05, 0) is 69.3 Å². The van der Waals surface area contributed by atoms with Gasteiger partial charge in [0.2, 0.25) is 5.91 Å². The molecule has 2 N–H and O–H groups in total. The lowest BCUT2D eigenvalue weighted by molar-refractivity contribution is -0.117. The Hall–Kier alpha value is -1.55. The van der Waals surface area contributed by atoms with Gasteiger partial charge in [-0.2, -0.15) is 0 Å². The van der Waals surface area contributed by atoms with Crippen molar-refractivity contribution in [3.05, 3.63) is 23.8 Å². The summed E-state index contributed by atoms with van der Waals surface area (Å²) < 4.78 is 5.62. The van der Waals surface area contributed by atoms with Crippen molar-refractivity contribution in [2.45, 2.75) is 40.0 Å². The van der Waals surface area contributed by atoms with Crippen LogP contribution in [-0.4, -0.2) is 25.6 Å². The van der Waals surface area contributed by atoms with Crippen molar-refractivity contribution in [1.29, 1.82) is 0 Å². The van der Waals surface area contributed by atoms with Crippen molar-refractivity contribution in [2.75, 3.05) is 25.0 Å². The number of amides is 1. The highest BCUT2D eigenvalue weighted by Crippen LogP contribution is 2.28. The Morgan fingerprint density at radius 3 is 2.82 bits per heavy atom. The zero-order valence-electron chi connectivity index (χ0n) is 13.9. The Morgan fingerprint density at radius 1 is 1.41 bits per heavy atom. The number of carbonyl (C=O) groups excluding carboxylic acids is 1. The highest BCUT2D eigenvalue weighted by Gasteiger charge is 2.22. The molecule has 1 aromatic carbocycles. The van der Waals surface area contributed by atoms with E-state index in [1.54, 1.807) is 0 Å². The second-order valence-electron chi connectivity index (χ2n) is 6.25. The standard InChI is InChI=1S/C18H28N2O2/c1-4-22-17-11-13(2)5-6-16(17)20-18(21)12-14(3)15-7-9-19-10-8-15/h5-6,11,14-15,19H,4,7-10,12H2,1-3H3,(H,20,21). The fourth-order valence-electron chi connectivity index (χ4n) is 3.08. The summed E-state index contributed by atoms with van der Waals surface area (Å²) in [4.78, 5) is 12.3. The van der Waals surface area contributed by atoms with Crippen molar-refractivity contribution < 1.29 is 9.53 Å². The number of ether oxygens (including phenoxy) is 1. The molecule has 1 saturated heterocycles. The number of hydrogen-bond donors (Lipinski definition) is 2. The molecule has 0 aliphatic carbocycles. The third-order valence-corrected chi connectivity index (χ3v) is 4.41. The monoisotopic (exact) mass is 304 g/mol. The second kappa shape index (κ2) is 8.18.